The summed E-state index contributed by atoms with van der Waals surface area (Å²) in [6.07, 6.45) is 1.17. The number of nitrogens with zero attached hydrogens (tertiary/aromatic N) is 1. The van der Waals surface area contributed by atoms with Crippen LogP contribution in [0.5, 0.6) is 0 Å². The Morgan fingerprint density at radius 1 is 1.03 bits per heavy atom. The molecule has 2 aromatic carbocycles. The molecule has 0 saturated heterocycles. The van der Waals surface area contributed by atoms with Crippen molar-refractivity contribution in [2.45, 2.75) is 53.9 Å². The normalized spacial score (nSPS) is 11.5. The van der Waals surface area contributed by atoms with E-state index < -0.39 is 0 Å². The van der Waals surface area contributed by atoms with Gasteiger partial charge in [0, 0.05) is 31.1 Å². The van der Waals surface area contributed by atoms with Gasteiger partial charge in [-0.05, 0) is 49.1 Å². The van der Waals surface area contributed by atoms with Crippen LogP contribution in [0.4, 0.5) is 0 Å². The maximum atomic E-state index is 10.0. The van der Waals surface area contributed by atoms with Gasteiger partial charge in [-0.2, -0.15) is 0 Å². The molecule has 0 fully saturated rings. The molecule has 0 unspecified atom stereocenters. The van der Waals surface area contributed by atoms with Crippen molar-refractivity contribution in [2.75, 3.05) is 0 Å². The van der Waals surface area contributed by atoms with Gasteiger partial charge >= 0.3 is 0 Å². The van der Waals surface area contributed by atoms with E-state index in [1.807, 2.05) is 11.3 Å². The number of allylic oxidation sites excluding steroid dienone is 2. The van der Waals surface area contributed by atoms with Crippen molar-refractivity contribution >= 4 is 27.3 Å². The van der Waals surface area contributed by atoms with Crippen molar-refractivity contribution in [3.63, 3.8) is 0 Å². The summed E-state index contributed by atoms with van der Waals surface area (Å²) in [5.74, 6) is -0.0625. The number of benzene rings is 2. The molecule has 0 bridgehead atoms. The maximum Gasteiger partial charge on any atom is 0.155 e. The average Bonchev–Trinajstić information content (AvgIpc) is 3.09. The number of carbonyl (C=O) groups excluding carboxylic acids is 1. The first-order chi connectivity index (χ1) is 16.0. The maximum absolute atomic E-state index is 10.0. The fourth-order valence-electron chi connectivity index (χ4n) is 3.69. The number of carbonyl (C=O) groups is 1. The Balaban J connectivity index is 0.000000476. The molecule has 3 nitrogen and oxygen atoms in total. The summed E-state index contributed by atoms with van der Waals surface area (Å²) in [5, 5.41) is 8.36. The van der Waals surface area contributed by atoms with Gasteiger partial charge in [-0.15, -0.1) is 46.2 Å². The second kappa shape index (κ2) is 11.9. The monoisotopic (exact) mass is 663 g/mol. The van der Waals surface area contributed by atoms with Gasteiger partial charge in [-0.3, -0.25) is 9.78 Å². The van der Waals surface area contributed by atoms with Crippen LogP contribution in [0, 0.1) is 19.9 Å². The first-order valence-electron chi connectivity index (χ1n) is 11.3. The molecule has 0 saturated carbocycles. The number of aromatic nitrogens is 1. The molecule has 1 N–H and O–H groups in total. The third kappa shape index (κ3) is 7.44. The Labute approximate surface area is 226 Å². The molecule has 0 aliphatic carbocycles. The van der Waals surface area contributed by atoms with Gasteiger partial charge in [-0.1, -0.05) is 64.1 Å². The minimum atomic E-state index is -0.125. The smallest absolute Gasteiger partial charge is 0.155 e. The summed E-state index contributed by atoms with van der Waals surface area (Å²) in [6.45, 7) is 13.9. The molecule has 2 aromatic heterocycles. The molecular weight excluding hydrogens is 631 g/mol. The number of pyridine rings is 1. The van der Waals surface area contributed by atoms with Crippen molar-refractivity contribution in [3.05, 3.63) is 89.2 Å². The molecule has 2 heterocycles. The molecule has 4 aromatic rings. The van der Waals surface area contributed by atoms with Crippen molar-refractivity contribution in [1.82, 2.24) is 4.98 Å². The zero-order valence-electron chi connectivity index (χ0n) is 21.3. The van der Waals surface area contributed by atoms with Crippen LogP contribution in [-0.4, -0.2) is 15.9 Å². The number of aliphatic hydroxyl groups excluding tert-OH is 1. The molecular formula is C30H32IrNO2S-. The number of thiophene rings is 1. The molecule has 0 aliphatic rings. The predicted molar refractivity (Wildman–Crippen MR) is 145 cm³/mol. The summed E-state index contributed by atoms with van der Waals surface area (Å²) >= 11 is 1.82. The number of rotatable bonds is 3. The number of aliphatic hydroxyl groups is 1. The van der Waals surface area contributed by atoms with Gasteiger partial charge in [0.05, 0.1) is 16.0 Å². The molecule has 35 heavy (non-hydrogen) atoms. The van der Waals surface area contributed by atoms with Gasteiger partial charge < -0.3 is 5.11 Å². The number of hydrogen-bond acceptors (Lipinski definition) is 4. The summed E-state index contributed by atoms with van der Waals surface area (Å²) in [7, 11) is 0. The van der Waals surface area contributed by atoms with E-state index in [1.54, 1.807) is 0 Å². The molecule has 185 valence electrons. The van der Waals surface area contributed by atoms with Crippen molar-refractivity contribution in [1.29, 1.82) is 0 Å². The van der Waals surface area contributed by atoms with Crippen molar-refractivity contribution in [2.24, 2.45) is 0 Å². The van der Waals surface area contributed by atoms with Crippen LogP contribution in [-0.2, 0) is 30.3 Å². The Morgan fingerprint density at radius 2 is 1.69 bits per heavy atom. The second-order valence-electron chi connectivity index (χ2n) is 9.58. The SMILES string of the molecule is CC(=O)/C=C(/C)O.Cc1[c-]c(-c2ccc3sc(-c4ccccc4)c(C)c3n2)cc(C(C)(C)C)c1.[Ir]. The van der Waals surface area contributed by atoms with Gasteiger partial charge in [0.25, 0.3) is 0 Å². The number of aryl methyl sites for hydroxylation is 2. The molecule has 4 rings (SSSR count). The fraction of sp³-hybridized carbons (Fsp3) is 0.267. The van der Waals surface area contributed by atoms with Gasteiger partial charge in [0.15, 0.2) is 5.78 Å². The zero-order chi connectivity index (χ0) is 25.0. The van der Waals surface area contributed by atoms with Crippen molar-refractivity contribution < 1.29 is 30.0 Å². The predicted octanol–water partition coefficient (Wildman–Crippen LogP) is 8.38. The van der Waals surface area contributed by atoms with Gasteiger partial charge in [-0.25, -0.2) is 0 Å². The van der Waals surface area contributed by atoms with E-state index in [9.17, 15) is 4.79 Å². The Hall–Kier alpha value is -2.59. The van der Waals surface area contributed by atoms with Gasteiger partial charge in [0.2, 0.25) is 0 Å². The standard InChI is InChI=1S/C25H24NS.C5H8O2.Ir/c1-16-13-19(15-20(14-16)25(3,4)5)21-11-12-22-23(26-21)17(2)24(27-22)18-9-7-6-8-10-18;1-4(6)3-5(2)7;/h6-12,14-15H,1-5H3;3,6H,1-2H3;/q-1;;/b;4-3-;. The van der Waals surface area contributed by atoms with E-state index >= 15 is 0 Å². The molecule has 0 atom stereocenters. The summed E-state index contributed by atoms with van der Waals surface area (Å²) in [4.78, 5) is 16.4. The van der Waals surface area contributed by atoms with E-state index in [-0.39, 0.29) is 37.1 Å². The first-order valence-corrected chi connectivity index (χ1v) is 12.2. The van der Waals surface area contributed by atoms with Crippen LogP contribution in [0.1, 0.15) is 51.3 Å². The number of fused-ring (bicyclic) bond motifs is 1. The van der Waals surface area contributed by atoms with E-state index in [0.717, 1.165) is 22.3 Å². The van der Waals surface area contributed by atoms with E-state index in [4.69, 9.17) is 10.1 Å². The zero-order valence-corrected chi connectivity index (χ0v) is 24.5. The fourth-order valence-corrected chi connectivity index (χ4v) is 4.84. The second-order valence-corrected chi connectivity index (χ2v) is 10.6. The molecule has 0 aliphatic heterocycles. The average molecular weight is 663 g/mol. The minimum absolute atomic E-state index is 0. The van der Waals surface area contributed by atoms with E-state index in [2.05, 4.69) is 95.3 Å². The van der Waals surface area contributed by atoms with Crippen LogP contribution < -0.4 is 0 Å². The Bertz CT molecular complexity index is 1340. The van der Waals surface area contributed by atoms with E-state index in [1.165, 1.54) is 46.2 Å². The number of ketones is 1. The van der Waals surface area contributed by atoms with E-state index in [0.29, 0.717) is 0 Å². The van der Waals surface area contributed by atoms with Gasteiger partial charge in [0.1, 0.15) is 0 Å². The largest absolute Gasteiger partial charge is 0.512 e. The third-order valence-corrected chi connectivity index (χ3v) is 6.66. The molecule has 1 radical (unpaired) electrons. The van der Waals surface area contributed by atoms with Crippen molar-refractivity contribution in [3.8, 4) is 21.7 Å². The van der Waals surface area contributed by atoms with Crippen LogP contribution in [0.2, 0.25) is 0 Å². The topological polar surface area (TPSA) is 50.2 Å². The molecule has 5 heteroatoms. The third-order valence-electron chi connectivity index (χ3n) is 5.36. The number of hydrogen-bond donors (Lipinski definition) is 1. The van der Waals surface area contributed by atoms with Crippen LogP contribution in [0.15, 0.2) is 66.4 Å². The van der Waals surface area contributed by atoms with Crippen LogP contribution in [0.3, 0.4) is 0 Å². The summed E-state index contributed by atoms with van der Waals surface area (Å²) < 4.78 is 1.24. The Morgan fingerprint density at radius 3 is 2.23 bits per heavy atom. The Kier molecular flexibility index (Phi) is 9.74. The summed E-state index contributed by atoms with van der Waals surface area (Å²) in [6, 6.07) is 22.9. The van der Waals surface area contributed by atoms with Crippen LogP contribution in [0.25, 0.3) is 31.9 Å². The molecule has 0 spiro atoms. The quantitative estimate of drug-likeness (QED) is 0.136. The first kappa shape index (κ1) is 28.6. The minimum Gasteiger partial charge on any atom is -0.512 e. The summed E-state index contributed by atoms with van der Waals surface area (Å²) in [5.41, 5.74) is 8.28. The van der Waals surface area contributed by atoms with Crippen LogP contribution >= 0.6 is 11.3 Å². The molecule has 0 amide bonds.